The summed E-state index contributed by atoms with van der Waals surface area (Å²) in [5.74, 6) is -0.798. The van der Waals surface area contributed by atoms with E-state index in [4.69, 9.17) is 18.5 Å². The van der Waals surface area contributed by atoms with Crippen molar-refractivity contribution < 1.29 is 42.1 Å². The number of likely N-dealkylation sites (N-methyl/N-ethyl adjacent to an activating group) is 1. The monoisotopic (exact) mass is 1220 g/mol. The number of quaternary nitrogens is 1. The van der Waals surface area contributed by atoms with Crippen molar-refractivity contribution in [2.24, 2.45) is 0 Å². The molecule has 0 aromatic heterocycles. The summed E-state index contributed by atoms with van der Waals surface area (Å²) in [6.45, 7) is 4.22. The van der Waals surface area contributed by atoms with E-state index in [1.54, 1.807) is 0 Å². The molecule has 0 spiro atoms. The van der Waals surface area contributed by atoms with Gasteiger partial charge in [0.15, 0.2) is 6.10 Å². The fourth-order valence-electron chi connectivity index (χ4n) is 9.66. The van der Waals surface area contributed by atoms with Gasteiger partial charge in [-0.1, -0.05) is 302 Å². The number of phosphoric ester groups is 1. The van der Waals surface area contributed by atoms with E-state index in [-0.39, 0.29) is 32.0 Å². The van der Waals surface area contributed by atoms with E-state index in [9.17, 15) is 19.0 Å². The number of allylic oxidation sites excluding steroid dienone is 20. The van der Waals surface area contributed by atoms with Crippen LogP contribution in [0.3, 0.4) is 0 Å². The molecule has 0 aliphatic rings. The lowest BCUT2D eigenvalue weighted by atomic mass is 10.0. The number of unbranched alkanes of at least 4 members (excludes halogenated alkanes) is 30. The summed E-state index contributed by atoms with van der Waals surface area (Å²) >= 11 is 0. The predicted molar refractivity (Wildman–Crippen MR) is 371 cm³/mol. The minimum absolute atomic E-state index is 0.0269. The van der Waals surface area contributed by atoms with Crippen LogP contribution in [-0.2, 0) is 32.7 Å². The summed E-state index contributed by atoms with van der Waals surface area (Å²) in [5, 5.41) is 0. The molecule has 1 N–H and O–H groups in total. The van der Waals surface area contributed by atoms with Crippen molar-refractivity contribution in [1.82, 2.24) is 0 Å². The molecule has 0 aromatic carbocycles. The van der Waals surface area contributed by atoms with Crippen LogP contribution < -0.4 is 0 Å². The number of nitrogens with zero attached hydrogens (tertiary/aromatic N) is 1. The second-order valence-electron chi connectivity index (χ2n) is 24.5. The van der Waals surface area contributed by atoms with Crippen molar-refractivity contribution >= 4 is 19.8 Å². The van der Waals surface area contributed by atoms with Gasteiger partial charge in [0.1, 0.15) is 19.8 Å². The zero-order valence-electron chi connectivity index (χ0n) is 56.3. The van der Waals surface area contributed by atoms with Crippen molar-refractivity contribution in [3.8, 4) is 0 Å². The molecule has 2 unspecified atom stereocenters. The average molecular weight is 1220 g/mol. The Labute approximate surface area is 530 Å². The van der Waals surface area contributed by atoms with Crippen LogP contribution in [0.15, 0.2) is 122 Å². The summed E-state index contributed by atoms with van der Waals surface area (Å²) < 4.78 is 34.7. The van der Waals surface area contributed by atoms with Crippen LogP contribution in [0.1, 0.15) is 296 Å². The van der Waals surface area contributed by atoms with Gasteiger partial charge in [0, 0.05) is 12.8 Å². The molecule has 0 aliphatic carbocycles. The molecule has 9 nitrogen and oxygen atoms in total. The lowest BCUT2D eigenvalue weighted by molar-refractivity contribution is -0.870. The molecule has 0 bridgehead atoms. The minimum Gasteiger partial charge on any atom is -0.462 e. The number of rotatable bonds is 64. The number of esters is 2. The molecule has 0 heterocycles. The number of hydrogen-bond donors (Lipinski definition) is 1. The maximum atomic E-state index is 12.9. The first-order valence-electron chi connectivity index (χ1n) is 35.3. The molecule has 0 rings (SSSR count). The maximum Gasteiger partial charge on any atom is 0.472 e. The zero-order chi connectivity index (χ0) is 62.6. The van der Waals surface area contributed by atoms with Gasteiger partial charge >= 0.3 is 19.8 Å². The van der Waals surface area contributed by atoms with Crippen LogP contribution in [0, 0.1) is 0 Å². The van der Waals surface area contributed by atoms with Crippen molar-refractivity contribution in [2.45, 2.75) is 302 Å². The minimum atomic E-state index is -4.40. The number of carbonyl (C=O) groups is 2. The number of phosphoric acid groups is 1. The molecule has 0 aliphatic heterocycles. The van der Waals surface area contributed by atoms with E-state index in [0.29, 0.717) is 17.4 Å². The van der Waals surface area contributed by atoms with Crippen LogP contribution in [0.25, 0.3) is 0 Å². The molecule has 494 valence electrons. The number of carbonyl (C=O) groups excluding carboxylic acids is 2. The highest BCUT2D eigenvalue weighted by molar-refractivity contribution is 7.47. The van der Waals surface area contributed by atoms with Gasteiger partial charge in [-0.05, 0) is 103 Å². The lowest BCUT2D eigenvalue weighted by Gasteiger charge is -2.24. The highest BCUT2D eigenvalue weighted by atomic mass is 31.2. The summed E-state index contributed by atoms with van der Waals surface area (Å²) in [6, 6.07) is 0. The molecular formula is C76H133NO8P+. The van der Waals surface area contributed by atoms with Crippen molar-refractivity contribution in [2.75, 3.05) is 47.5 Å². The zero-order valence-corrected chi connectivity index (χ0v) is 57.2. The quantitative estimate of drug-likeness (QED) is 0.0211. The molecule has 0 aromatic rings. The molecule has 0 fully saturated rings. The smallest absolute Gasteiger partial charge is 0.462 e. The normalized spacial score (nSPS) is 13.9. The van der Waals surface area contributed by atoms with Gasteiger partial charge in [0.25, 0.3) is 0 Å². The average Bonchev–Trinajstić information content (AvgIpc) is 3.67. The fraction of sp³-hybridized carbons (Fsp3) is 0.711. The third kappa shape index (κ3) is 69.5. The largest absolute Gasteiger partial charge is 0.472 e. The molecule has 0 amide bonds. The fourth-order valence-corrected chi connectivity index (χ4v) is 10.4. The molecule has 0 radical (unpaired) electrons. The lowest BCUT2D eigenvalue weighted by Crippen LogP contribution is -2.37. The Bertz CT molecular complexity index is 1870. The van der Waals surface area contributed by atoms with Crippen LogP contribution in [0.4, 0.5) is 0 Å². The van der Waals surface area contributed by atoms with Gasteiger partial charge in [-0.2, -0.15) is 0 Å². The summed E-state index contributed by atoms with van der Waals surface area (Å²) in [7, 11) is 1.47. The van der Waals surface area contributed by atoms with E-state index in [1.807, 2.05) is 21.1 Å². The van der Waals surface area contributed by atoms with Crippen LogP contribution in [-0.4, -0.2) is 74.9 Å². The highest BCUT2D eigenvalue weighted by Crippen LogP contribution is 2.43. The van der Waals surface area contributed by atoms with Gasteiger partial charge in [-0.25, -0.2) is 4.57 Å². The summed E-state index contributed by atoms with van der Waals surface area (Å²) in [4.78, 5) is 35.9. The Morgan fingerprint density at radius 1 is 0.360 bits per heavy atom. The Hall–Kier alpha value is -3.59. The van der Waals surface area contributed by atoms with Gasteiger partial charge in [0.2, 0.25) is 0 Å². The van der Waals surface area contributed by atoms with Gasteiger partial charge in [-0.15, -0.1) is 0 Å². The maximum absolute atomic E-state index is 12.9. The van der Waals surface area contributed by atoms with E-state index in [1.165, 1.54) is 154 Å². The van der Waals surface area contributed by atoms with Crippen LogP contribution >= 0.6 is 7.82 Å². The number of hydrogen-bond acceptors (Lipinski definition) is 7. The van der Waals surface area contributed by atoms with Gasteiger partial charge < -0.3 is 18.9 Å². The van der Waals surface area contributed by atoms with E-state index in [0.717, 1.165) is 109 Å². The van der Waals surface area contributed by atoms with Gasteiger partial charge in [0.05, 0.1) is 27.7 Å². The topological polar surface area (TPSA) is 108 Å². The van der Waals surface area contributed by atoms with E-state index >= 15 is 0 Å². The Morgan fingerprint density at radius 2 is 0.628 bits per heavy atom. The molecular weight excluding hydrogens is 1090 g/mol. The summed E-state index contributed by atoms with van der Waals surface area (Å²) in [5.41, 5.74) is 0. The standard InChI is InChI=1S/C76H132NO8P/c1-6-8-10-12-14-16-18-20-22-24-26-28-30-32-34-36-37-38-39-41-42-44-46-48-50-52-54-56-58-60-62-64-66-68-75(78)82-72-74(73-84-86(80,81)83-71-70-77(3,4)5)85-76(79)69-67-65-63-61-59-57-55-53-51-49-47-45-43-40-35-33-31-29-27-25-23-21-19-17-15-13-11-9-7-2/h8-11,14-17,20-23,26-29,33,35,43,45,74H,6-7,12-13,18-19,24-25,30-32,34,36-42,44,46-73H2,1-5H3/p+1/b10-8-,11-9-,16-14-,17-15-,22-20-,23-21-,28-26-,29-27-,35-33-,45-43-. The third-order valence-corrected chi connectivity index (χ3v) is 16.0. The molecule has 0 saturated heterocycles. The Morgan fingerprint density at radius 3 is 0.930 bits per heavy atom. The van der Waals surface area contributed by atoms with E-state index < -0.39 is 26.5 Å². The van der Waals surface area contributed by atoms with Crippen molar-refractivity contribution in [3.63, 3.8) is 0 Å². The Kier molecular flexibility index (Phi) is 63.1. The van der Waals surface area contributed by atoms with Crippen LogP contribution in [0.2, 0.25) is 0 Å². The third-order valence-electron chi connectivity index (χ3n) is 15.0. The first kappa shape index (κ1) is 82.4. The first-order valence-corrected chi connectivity index (χ1v) is 36.8. The van der Waals surface area contributed by atoms with E-state index in [2.05, 4.69) is 135 Å². The second-order valence-corrected chi connectivity index (χ2v) is 26.0. The molecule has 10 heteroatoms. The van der Waals surface area contributed by atoms with Crippen LogP contribution in [0.5, 0.6) is 0 Å². The predicted octanol–water partition coefficient (Wildman–Crippen LogP) is 23.0. The van der Waals surface area contributed by atoms with Crippen molar-refractivity contribution in [3.05, 3.63) is 122 Å². The van der Waals surface area contributed by atoms with Gasteiger partial charge in [-0.3, -0.25) is 18.6 Å². The molecule has 2 atom stereocenters. The summed E-state index contributed by atoms with van der Waals surface area (Å²) in [6.07, 6.45) is 94.4. The Balaban J connectivity index is 4.05. The molecule has 0 saturated carbocycles. The highest BCUT2D eigenvalue weighted by Gasteiger charge is 2.27. The first-order chi connectivity index (χ1) is 42.0. The number of ether oxygens (including phenoxy) is 2. The second kappa shape index (κ2) is 65.8. The SMILES string of the molecule is CC/C=C\C/C=C\C/C=C\C/C=C\C/C=C\C/C=C\CCCCCCCCCCCCC(=O)OC(COC(=O)CCCCCCCCCCCCCCCCCCCCCC/C=C\C/C=C\C/C=C\C/C=C\CC)COP(=O)(O)OCC[N+](C)(C)C. The molecule has 86 heavy (non-hydrogen) atoms. The van der Waals surface area contributed by atoms with Crippen molar-refractivity contribution in [1.29, 1.82) is 0 Å².